The van der Waals surface area contributed by atoms with Crippen molar-refractivity contribution in [3.8, 4) is 11.3 Å². The Bertz CT molecular complexity index is 2770. The van der Waals surface area contributed by atoms with Crippen LogP contribution in [0.4, 0.5) is 26.3 Å². The van der Waals surface area contributed by atoms with E-state index >= 15 is 0 Å². The Kier molecular flexibility index (Phi) is 14.9. The second-order valence-electron chi connectivity index (χ2n) is 18.8. The van der Waals surface area contributed by atoms with Crippen molar-refractivity contribution in [3.05, 3.63) is 122 Å². The van der Waals surface area contributed by atoms with E-state index < -0.39 is 47.8 Å². The lowest BCUT2D eigenvalue weighted by Gasteiger charge is -2.32. The summed E-state index contributed by atoms with van der Waals surface area (Å²) in [7, 11) is 6.28. The summed E-state index contributed by atoms with van der Waals surface area (Å²) in [6.07, 6.45) is 0.715. The number of aromatic nitrogens is 2. The van der Waals surface area contributed by atoms with Crippen molar-refractivity contribution in [1.82, 2.24) is 9.13 Å². The van der Waals surface area contributed by atoms with Crippen LogP contribution >= 0.6 is 22.6 Å². The molecule has 2 aliphatic carbocycles. The minimum atomic E-state index is -4.36. The van der Waals surface area contributed by atoms with Crippen LogP contribution in [0, 0.1) is 3.57 Å². The van der Waals surface area contributed by atoms with Gasteiger partial charge in [-0.1, -0.05) is 49.9 Å². The number of hydrogen-bond donors (Lipinski definition) is 0. The first kappa shape index (κ1) is 51.1. The predicted molar refractivity (Wildman–Crippen MR) is 261 cm³/mol. The first-order chi connectivity index (χ1) is 32.0. The lowest BCUT2D eigenvalue weighted by atomic mass is 9.77. The van der Waals surface area contributed by atoms with E-state index in [1.54, 1.807) is 12.1 Å². The zero-order valence-corrected chi connectivity index (χ0v) is 41.6. The van der Waals surface area contributed by atoms with Gasteiger partial charge in [0, 0.05) is 39.5 Å². The molecule has 0 radical (unpaired) electrons. The van der Waals surface area contributed by atoms with Crippen LogP contribution in [0.5, 0.6) is 0 Å². The molecule has 0 spiro atoms. The summed E-state index contributed by atoms with van der Waals surface area (Å²) < 4.78 is 102. The molecule has 16 heteroatoms. The number of methoxy groups -OCH3 is 2. The zero-order valence-electron chi connectivity index (χ0n) is 39.5. The number of aryl methyl sites for hydroxylation is 2. The number of alkyl halides is 6. The van der Waals surface area contributed by atoms with Crippen LogP contribution < -0.4 is 5.59 Å². The molecule has 2 saturated carbocycles. The summed E-state index contributed by atoms with van der Waals surface area (Å²) in [6.45, 7) is 8.33. The molecule has 1 aliphatic heterocycles. The number of carbonyl (C=O) groups excluding carboxylic acids is 2. The van der Waals surface area contributed by atoms with E-state index in [-0.39, 0.29) is 5.97 Å². The van der Waals surface area contributed by atoms with Gasteiger partial charge in [-0.25, -0.2) is 9.59 Å². The molecule has 4 aromatic carbocycles. The number of fused-ring (bicyclic) bond motifs is 2. The molecule has 2 aromatic heterocycles. The van der Waals surface area contributed by atoms with E-state index in [1.807, 2.05) is 59.5 Å². The third-order valence-electron chi connectivity index (χ3n) is 14.0. The van der Waals surface area contributed by atoms with Crippen molar-refractivity contribution in [2.24, 2.45) is 14.1 Å². The molecule has 362 valence electrons. The number of nitrogens with zero attached hydrogens (tertiary/aromatic N) is 2. The number of benzene rings is 4. The summed E-state index contributed by atoms with van der Waals surface area (Å²) in [4.78, 5) is 24.0. The second-order valence-corrected chi connectivity index (χ2v) is 20.0. The average Bonchev–Trinajstić information content (AvgIpc) is 4.14. The van der Waals surface area contributed by atoms with Crippen LogP contribution in [0.2, 0.25) is 0 Å². The lowest BCUT2D eigenvalue weighted by Crippen LogP contribution is -2.41. The molecule has 6 aromatic rings. The Morgan fingerprint density at radius 1 is 0.618 bits per heavy atom. The number of hydrogen-bond acceptors (Lipinski definition) is 6. The van der Waals surface area contributed by atoms with Crippen LogP contribution in [0.3, 0.4) is 0 Å². The van der Waals surface area contributed by atoms with Gasteiger partial charge in [-0.3, -0.25) is 0 Å². The Morgan fingerprint density at radius 3 is 1.44 bits per heavy atom. The van der Waals surface area contributed by atoms with Gasteiger partial charge in [0.2, 0.25) is 0 Å². The van der Waals surface area contributed by atoms with Gasteiger partial charge in [-0.15, -0.1) is 0 Å². The highest BCUT2D eigenvalue weighted by molar-refractivity contribution is 14.1. The number of ether oxygens (including phenoxy) is 2. The van der Waals surface area contributed by atoms with Gasteiger partial charge in [0.25, 0.3) is 0 Å². The van der Waals surface area contributed by atoms with Crippen LogP contribution in [-0.2, 0) is 45.2 Å². The van der Waals surface area contributed by atoms with Crippen molar-refractivity contribution >= 4 is 69.0 Å². The van der Waals surface area contributed by atoms with Crippen molar-refractivity contribution < 1.29 is 54.7 Å². The molecule has 0 bridgehead atoms. The molecule has 68 heavy (non-hydrogen) atoms. The average molecular weight is 1060 g/mol. The van der Waals surface area contributed by atoms with Gasteiger partial charge in [0.15, 0.2) is 0 Å². The SMILES string of the molecule is COC(=O)c1ccc2c(C3CCCC3)c(-c3ccc(C(F)(F)F)cc3)n(C)c2c1.COC(=O)c1ccc2c(C3CCCC3)c(B3OC(C)(C)C(C)(C)O3)n(C)c2c1.FC(F)(F)c1ccc(I)cc1. The van der Waals surface area contributed by atoms with Crippen molar-refractivity contribution in [3.63, 3.8) is 0 Å². The minimum Gasteiger partial charge on any atom is -0.465 e. The van der Waals surface area contributed by atoms with Gasteiger partial charge in [0.1, 0.15) is 0 Å². The monoisotopic (exact) mass is 1060 g/mol. The fraction of sp³-hybridized carbons (Fsp3) is 0.423. The molecule has 0 amide bonds. The molecule has 0 N–H and O–H groups in total. The minimum absolute atomic E-state index is 0.317. The Hall–Kier alpha value is -4.81. The zero-order chi connectivity index (χ0) is 49.5. The molecule has 0 atom stereocenters. The third kappa shape index (κ3) is 10.4. The smallest absolute Gasteiger partial charge is 0.465 e. The summed E-state index contributed by atoms with van der Waals surface area (Å²) >= 11 is 1.96. The molecule has 9 rings (SSSR count). The first-order valence-corrected chi connectivity index (χ1v) is 23.8. The normalized spacial score (nSPS) is 17.2. The standard InChI is InChI=1S/C23H22F3NO2.C22H30BNO4.C7H4F3I/c1-27-19-13-16(22(28)29-2)9-12-18(19)20(14-5-3-4-6-14)21(27)15-7-10-17(11-8-15)23(24,25)26;1-21(2)22(3,4)28-23(27-21)19-18(14-9-7-8-10-14)16-12-11-15(20(25)26-6)13-17(16)24(19)5;8-7(9,10)5-1-3-6(11)4-2-5/h7-14H,3-6H2,1-2H3;11-14H,7-10H2,1-6H3;1-4H. The van der Waals surface area contributed by atoms with E-state index in [4.69, 9.17) is 18.8 Å². The first-order valence-electron chi connectivity index (χ1n) is 22.7. The summed E-state index contributed by atoms with van der Waals surface area (Å²) in [5.74, 6) is 0.135. The van der Waals surface area contributed by atoms with Crippen LogP contribution in [-0.4, -0.2) is 53.6 Å². The maximum absolute atomic E-state index is 13.0. The van der Waals surface area contributed by atoms with Crippen molar-refractivity contribution in [1.29, 1.82) is 0 Å². The number of rotatable bonds is 6. The highest BCUT2D eigenvalue weighted by Crippen LogP contribution is 2.46. The highest BCUT2D eigenvalue weighted by atomic mass is 127. The Morgan fingerprint density at radius 2 is 1.01 bits per heavy atom. The van der Waals surface area contributed by atoms with Gasteiger partial charge in [-0.2, -0.15) is 26.3 Å². The fourth-order valence-corrected chi connectivity index (χ4v) is 10.1. The molecule has 3 aliphatic rings. The van der Waals surface area contributed by atoms with Gasteiger partial charge in [0.05, 0.1) is 59.0 Å². The summed E-state index contributed by atoms with van der Waals surface area (Å²) in [6, 6.07) is 21.7. The van der Waals surface area contributed by atoms with Crippen molar-refractivity contribution in [2.75, 3.05) is 14.2 Å². The van der Waals surface area contributed by atoms with Crippen molar-refractivity contribution in [2.45, 2.75) is 114 Å². The Labute approximate surface area is 406 Å². The molecule has 0 unspecified atom stereocenters. The second kappa shape index (κ2) is 19.9. The van der Waals surface area contributed by atoms with Crippen LogP contribution in [0.1, 0.15) is 134 Å². The van der Waals surface area contributed by atoms with Gasteiger partial charge >= 0.3 is 31.4 Å². The van der Waals surface area contributed by atoms with E-state index in [1.165, 1.54) is 75.1 Å². The predicted octanol–water partition coefficient (Wildman–Crippen LogP) is 13.5. The number of esters is 2. The summed E-state index contributed by atoms with van der Waals surface area (Å²) in [5, 5.41) is 2.23. The van der Waals surface area contributed by atoms with E-state index in [0.717, 1.165) is 92.4 Å². The van der Waals surface area contributed by atoms with Gasteiger partial charge < -0.3 is 27.9 Å². The maximum atomic E-state index is 13.0. The molecule has 1 saturated heterocycles. The largest absolute Gasteiger partial charge is 0.512 e. The highest BCUT2D eigenvalue weighted by Gasteiger charge is 2.54. The molecule has 3 fully saturated rings. The van der Waals surface area contributed by atoms with E-state index in [9.17, 15) is 35.9 Å². The lowest BCUT2D eigenvalue weighted by molar-refractivity contribution is -0.138. The van der Waals surface area contributed by atoms with Crippen LogP contribution in [0.25, 0.3) is 33.1 Å². The molecular weight excluding hydrogens is 1000 g/mol. The molecular formula is C52H56BF6IN2O6. The topological polar surface area (TPSA) is 80.9 Å². The molecule has 8 nitrogen and oxygen atoms in total. The molecule has 3 heterocycles. The fourth-order valence-electron chi connectivity index (χ4n) is 9.76. The third-order valence-corrected chi connectivity index (χ3v) is 14.7. The van der Waals surface area contributed by atoms with E-state index in [0.29, 0.717) is 23.0 Å². The number of halogens is 7. The Balaban J connectivity index is 0.000000165. The van der Waals surface area contributed by atoms with Gasteiger partial charge in [-0.05, 0) is 165 Å². The maximum Gasteiger partial charge on any atom is 0.512 e. The number of carbonyl (C=O) groups is 2. The quantitative estimate of drug-likeness (QED) is 0.0715. The summed E-state index contributed by atoms with van der Waals surface area (Å²) in [5.41, 5.74) is 6.12. The van der Waals surface area contributed by atoms with Crippen LogP contribution in [0.15, 0.2) is 84.9 Å². The van der Waals surface area contributed by atoms with E-state index in [2.05, 4.69) is 38.3 Å².